The van der Waals surface area contributed by atoms with Gasteiger partial charge >= 0.3 is 6.09 Å². The van der Waals surface area contributed by atoms with Gasteiger partial charge in [0.1, 0.15) is 18.2 Å². The molecule has 0 N–H and O–H groups in total. The van der Waals surface area contributed by atoms with Gasteiger partial charge in [-0.1, -0.05) is 60.7 Å². The van der Waals surface area contributed by atoms with Crippen molar-refractivity contribution in [2.75, 3.05) is 25.2 Å². The number of rotatable bonds is 4. The number of ether oxygens (including phenoxy) is 2. The number of hydrogen-bond donors (Lipinski definition) is 0. The summed E-state index contributed by atoms with van der Waals surface area (Å²) in [5.41, 5.74) is 4.22. The van der Waals surface area contributed by atoms with E-state index in [0.717, 1.165) is 33.9 Å². The number of anilines is 1. The van der Waals surface area contributed by atoms with Crippen molar-refractivity contribution in [3.05, 3.63) is 101 Å². The fraction of sp³-hybridized carbons (Fsp3) is 0.160. The molecule has 2 aliphatic rings. The van der Waals surface area contributed by atoms with Gasteiger partial charge in [0.25, 0.3) is 0 Å². The van der Waals surface area contributed by atoms with Crippen LogP contribution in [0.1, 0.15) is 22.7 Å². The maximum atomic E-state index is 12.5. The van der Waals surface area contributed by atoms with Gasteiger partial charge in [0.2, 0.25) is 0 Å². The molecule has 5 heteroatoms. The van der Waals surface area contributed by atoms with Crippen LogP contribution in [0.25, 0.3) is 6.08 Å². The number of carbonyl (C=O) groups is 1. The molecule has 1 unspecified atom stereocenters. The summed E-state index contributed by atoms with van der Waals surface area (Å²) in [6, 6.07) is 26.3. The molecule has 1 fully saturated rings. The van der Waals surface area contributed by atoms with Crippen molar-refractivity contribution in [2.24, 2.45) is 0 Å². The normalized spacial score (nSPS) is 18.0. The molecule has 0 bridgehead atoms. The average Bonchev–Trinajstić information content (AvgIpc) is 3.24. The summed E-state index contributed by atoms with van der Waals surface area (Å²) in [5, 5.41) is 0. The number of nitrogens with zero attached hydrogens (tertiary/aromatic N) is 2. The van der Waals surface area contributed by atoms with E-state index in [2.05, 4.69) is 41.3 Å². The molecule has 0 aromatic heterocycles. The van der Waals surface area contributed by atoms with Gasteiger partial charge in [-0.05, 0) is 35.4 Å². The van der Waals surface area contributed by atoms with Crippen LogP contribution in [0, 0.1) is 0 Å². The summed E-state index contributed by atoms with van der Waals surface area (Å²) in [5.74, 6) is 1.62. The number of benzene rings is 3. The third-order valence-electron chi connectivity index (χ3n) is 5.57. The van der Waals surface area contributed by atoms with E-state index in [0.29, 0.717) is 13.2 Å². The minimum absolute atomic E-state index is 0.159. The van der Waals surface area contributed by atoms with Crippen LogP contribution >= 0.6 is 0 Å². The lowest BCUT2D eigenvalue weighted by atomic mass is 9.88. The quantitative estimate of drug-likeness (QED) is 0.616. The predicted octanol–water partition coefficient (Wildman–Crippen LogP) is 5.06. The van der Waals surface area contributed by atoms with Gasteiger partial charge in [-0.2, -0.15) is 0 Å². The van der Waals surface area contributed by atoms with Crippen LogP contribution in [0.5, 0.6) is 5.75 Å². The van der Waals surface area contributed by atoms with Crippen LogP contribution in [-0.4, -0.2) is 31.3 Å². The highest BCUT2D eigenvalue weighted by Gasteiger charge is 2.39. The summed E-state index contributed by atoms with van der Waals surface area (Å²) in [4.78, 5) is 16.5. The molecule has 1 atom stereocenters. The molecule has 0 saturated carbocycles. The van der Waals surface area contributed by atoms with Crippen molar-refractivity contribution >= 4 is 17.9 Å². The molecule has 30 heavy (non-hydrogen) atoms. The zero-order valence-electron chi connectivity index (χ0n) is 16.7. The van der Waals surface area contributed by atoms with Crippen molar-refractivity contribution in [1.29, 1.82) is 0 Å². The highest BCUT2D eigenvalue weighted by molar-refractivity contribution is 5.80. The number of hydrogen-bond acceptors (Lipinski definition) is 4. The molecule has 3 aromatic carbocycles. The molecule has 5 nitrogen and oxygen atoms in total. The number of carbonyl (C=O) groups excluding carboxylic acids is 1. The van der Waals surface area contributed by atoms with E-state index in [9.17, 15) is 4.79 Å². The highest BCUT2D eigenvalue weighted by atomic mass is 16.6. The minimum Gasteiger partial charge on any atom is -0.496 e. The SMILES string of the molecule is COc1cccc2c1C(c1ccccc1)N(c1ccccc1)C(N1CCOC1=O)=C2. The first-order chi connectivity index (χ1) is 14.8. The Kier molecular flexibility index (Phi) is 4.64. The number of cyclic esters (lactones) is 1. The van der Waals surface area contributed by atoms with Gasteiger partial charge in [0.05, 0.1) is 19.7 Å². The smallest absolute Gasteiger partial charge is 0.415 e. The lowest BCUT2D eigenvalue weighted by molar-refractivity contribution is 0.163. The number of para-hydroxylation sites is 1. The Morgan fingerprint density at radius 3 is 2.33 bits per heavy atom. The van der Waals surface area contributed by atoms with Crippen LogP contribution in [-0.2, 0) is 4.74 Å². The Labute approximate surface area is 175 Å². The second-order valence-corrected chi connectivity index (χ2v) is 7.25. The van der Waals surface area contributed by atoms with Gasteiger partial charge in [-0.25, -0.2) is 4.79 Å². The van der Waals surface area contributed by atoms with Crippen molar-refractivity contribution < 1.29 is 14.3 Å². The summed E-state index contributed by atoms with van der Waals surface area (Å²) < 4.78 is 11.0. The van der Waals surface area contributed by atoms with Crippen molar-refractivity contribution in [3.8, 4) is 5.75 Å². The molecule has 2 aliphatic heterocycles. The molecule has 5 rings (SSSR count). The Morgan fingerprint density at radius 2 is 1.67 bits per heavy atom. The van der Waals surface area contributed by atoms with Crippen LogP contribution in [0.2, 0.25) is 0 Å². The van der Waals surface area contributed by atoms with E-state index in [1.807, 2.05) is 48.5 Å². The predicted molar refractivity (Wildman–Crippen MR) is 116 cm³/mol. The highest BCUT2D eigenvalue weighted by Crippen LogP contribution is 2.46. The molecule has 1 amide bonds. The van der Waals surface area contributed by atoms with Crippen LogP contribution in [0.3, 0.4) is 0 Å². The van der Waals surface area contributed by atoms with Gasteiger partial charge in [0, 0.05) is 11.3 Å². The molecule has 150 valence electrons. The second kappa shape index (κ2) is 7.59. The van der Waals surface area contributed by atoms with E-state index in [4.69, 9.17) is 9.47 Å². The Hall–Kier alpha value is -3.73. The van der Waals surface area contributed by atoms with Crippen LogP contribution in [0.15, 0.2) is 84.7 Å². The molecule has 2 heterocycles. The Balaban J connectivity index is 1.80. The zero-order chi connectivity index (χ0) is 20.5. The molecule has 0 aliphatic carbocycles. The lowest BCUT2D eigenvalue weighted by Crippen LogP contribution is -2.41. The number of fused-ring (bicyclic) bond motifs is 1. The zero-order valence-corrected chi connectivity index (χ0v) is 16.7. The molecule has 0 spiro atoms. The van der Waals surface area contributed by atoms with Crippen molar-refractivity contribution in [1.82, 2.24) is 4.90 Å². The third kappa shape index (κ3) is 2.99. The lowest BCUT2D eigenvalue weighted by Gasteiger charge is -2.42. The minimum atomic E-state index is -0.319. The summed E-state index contributed by atoms with van der Waals surface area (Å²) in [6.45, 7) is 0.911. The summed E-state index contributed by atoms with van der Waals surface area (Å²) >= 11 is 0. The topological polar surface area (TPSA) is 42.0 Å². The average molecular weight is 398 g/mol. The fourth-order valence-electron chi connectivity index (χ4n) is 4.26. The van der Waals surface area contributed by atoms with E-state index >= 15 is 0 Å². The van der Waals surface area contributed by atoms with Crippen LogP contribution in [0.4, 0.5) is 10.5 Å². The molecule has 1 saturated heterocycles. The first kappa shape index (κ1) is 18.3. The molecule has 0 radical (unpaired) electrons. The van der Waals surface area contributed by atoms with Gasteiger partial charge in [0.15, 0.2) is 0 Å². The second-order valence-electron chi connectivity index (χ2n) is 7.25. The van der Waals surface area contributed by atoms with Gasteiger partial charge < -0.3 is 14.4 Å². The summed E-state index contributed by atoms with van der Waals surface area (Å²) in [7, 11) is 1.70. The van der Waals surface area contributed by atoms with E-state index in [-0.39, 0.29) is 12.1 Å². The largest absolute Gasteiger partial charge is 0.496 e. The van der Waals surface area contributed by atoms with Gasteiger partial charge in [-0.3, -0.25) is 4.90 Å². The van der Waals surface area contributed by atoms with Crippen molar-refractivity contribution in [2.45, 2.75) is 6.04 Å². The Bertz CT molecular complexity index is 1100. The molecule has 3 aromatic rings. The Morgan fingerprint density at radius 1 is 0.933 bits per heavy atom. The maximum Gasteiger partial charge on any atom is 0.415 e. The molecular weight excluding hydrogens is 376 g/mol. The number of methoxy groups -OCH3 is 1. The van der Waals surface area contributed by atoms with E-state index in [1.54, 1.807) is 12.0 Å². The van der Waals surface area contributed by atoms with Crippen LogP contribution < -0.4 is 9.64 Å². The fourth-order valence-corrected chi connectivity index (χ4v) is 4.26. The van der Waals surface area contributed by atoms with E-state index in [1.165, 1.54) is 0 Å². The monoisotopic (exact) mass is 398 g/mol. The van der Waals surface area contributed by atoms with Crippen molar-refractivity contribution in [3.63, 3.8) is 0 Å². The molecular formula is C25H22N2O3. The third-order valence-corrected chi connectivity index (χ3v) is 5.57. The van der Waals surface area contributed by atoms with Gasteiger partial charge in [-0.15, -0.1) is 0 Å². The maximum absolute atomic E-state index is 12.5. The number of amides is 1. The first-order valence-corrected chi connectivity index (χ1v) is 10.00. The summed E-state index contributed by atoms with van der Waals surface area (Å²) in [6.07, 6.45) is 1.73. The standard InChI is InChI=1S/C25H22N2O3/c1-29-21-14-8-11-19-17-22(26-15-16-30-25(26)28)27(20-12-6-3-7-13-20)24(23(19)21)18-9-4-2-5-10-18/h2-14,17,24H,15-16H2,1H3. The van der Waals surface area contributed by atoms with E-state index < -0.39 is 0 Å². The first-order valence-electron chi connectivity index (χ1n) is 10.00.